The predicted octanol–water partition coefficient (Wildman–Crippen LogP) is 3.39. The molecule has 1 heterocycles. The Morgan fingerprint density at radius 2 is 1.82 bits per heavy atom. The van der Waals surface area contributed by atoms with Crippen molar-refractivity contribution in [1.29, 1.82) is 5.26 Å². The minimum atomic E-state index is -0.722. The molecule has 6 heteroatoms. The van der Waals surface area contributed by atoms with E-state index >= 15 is 0 Å². The van der Waals surface area contributed by atoms with Crippen molar-refractivity contribution in [2.75, 3.05) is 0 Å². The number of aromatic nitrogens is 3. The highest BCUT2D eigenvalue weighted by atomic mass is 19.1. The molecule has 3 aromatic rings. The molecule has 0 aliphatic heterocycles. The van der Waals surface area contributed by atoms with Crippen molar-refractivity contribution in [2.24, 2.45) is 0 Å². The Kier molecular flexibility index (Phi) is 3.39. The van der Waals surface area contributed by atoms with E-state index in [1.54, 1.807) is 31.2 Å². The molecule has 108 valence electrons. The summed E-state index contributed by atoms with van der Waals surface area (Å²) >= 11 is 0. The number of benzene rings is 2. The van der Waals surface area contributed by atoms with E-state index in [9.17, 15) is 8.78 Å². The smallest absolute Gasteiger partial charge is 0.163 e. The number of hydrogen-bond donors (Lipinski definition) is 0. The van der Waals surface area contributed by atoms with E-state index < -0.39 is 11.6 Å². The third kappa shape index (κ3) is 2.44. The number of halogens is 2. The van der Waals surface area contributed by atoms with Crippen LogP contribution in [0.2, 0.25) is 0 Å². The molecule has 0 saturated carbocycles. The van der Waals surface area contributed by atoms with E-state index in [0.29, 0.717) is 22.8 Å². The van der Waals surface area contributed by atoms with E-state index in [4.69, 9.17) is 5.26 Å². The molecule has 0 saturated heterocycles. The zero-order valence-corrected chi connectivity index (χ0v) is 11.6. The fraction of sp³-hybridized carbons (Fsp3) is 0.0625. The Morgan fingerprint density at radius 3 is 2.45 bits per heavy atom. The van der Waals surface area contributed by atoms with Crippen LogP contribution in [0.5, 0.6) is 0 Å². The molecule has 0 aliphatic rings. The summed E-state index contributed by atoms with van der Waals surface area (Å²) in [6.45, 7) is 1.69. The quantitative estimate of drug-likeness (QED) is 0.728. The molecule has 0 N–H and O–H groups in total. The average Bonchev–Trinajstić information content (AvgIpc) is 2.89. The standard InChI is InChI=1S/C16H10F2N4/c1-10-20-16(12-4-2-11(9-19)3-5-12)22(21-10)15-7-6-13(17)8-14(15)18/h2-8H,1H3. The van der Waals surface area contributed by atoms with Gasteiger partial charge in [0.2, 0.25) is 0 Å². The van der Waals surface area contributed by atoms with Crippen LogP contribution in [0.4, 0.5) is 8.78 Å². The Hall–Kier alpha value is -3.07. The molecule has 4 nitrogen and oxygen atoms in total. The molecule has 0 aliphatic carbocycles. The lowest BCUT2D eigenvalue weighted by atomic mass is 10.1. The molecule has 2 aromatic carbocycles. The largest absolute Gasteiger partial charge is 0.212 e. The van der Waals surface area contributed by atoms with Gasteiger partial charge in [-0.05, 0) is 43.3 Å². The summed E-state index contributed by atoms with van der Waals surface area (Å²) in [4.78, 5) is 4.28. The number of nitrogens with zero attached hydrogens (tertiary/aromatic N) is 4. The second-order valence-corrected chi connectivity index (χ2v) is 4.68. The maximum absolute atomic E-state index is 14.0. The lowest BCUT2D eigenvalue weighted by Gasteiger charge is -2.07. The van der Waals surface area contributed by atoms with Crippen molar-refractivity contribution in [2.45, 2.75) is 6.92 Å². The summed E-state index contributed by atoms with van der Waals surface area (Å²) in [6.07, 6.45) is 0. The van der Waals surface area contributed by atoms with Gasteiger partial charge >= 0.3 is 0 Å². The fourth-order valence-electron chi connectivity index (χ4n) is 2.12. The molecule has 0 unspecified atom stereocenters. The SMILES string of the molecule is Cc1nc(-c2ccc(C#N)cc2)n(-c2ccc(F)cc2F)n1. The van der Waals surface area contributed by atoms with Crippen LogP contribution in [-0.4, -0.2) is 14.8 Å². The van der Waals surface area contributed by atoms with Crippen LogP contribution in [0.1, 0.15) is 11.4 Å². The van der Waals surface area contributed by atoms with Crippen LogP contribution in [0.3, 0.4) is 0 Å². The van der Waals surface area contributed by atoms with Gasteiger partial charge in [-0.15, -0.1) is 0 Å². The van der Waals surface area contributed by atoms with Crippen LogP contribution >= 0.6 is 0 Å². The van der Waals surface area contributed by atoms with E-state index in [-0.39, 0.29) is 5.69 Å². The first-order valence-electron chi connectivity index (χ1n) is 6.48. The van der Waals surface area contributed by atoms with Gasteiger partial charge in [-0.1, -0.05) is 0 Å². The van der Waals surface area contributed by atoms with Gasteiger partial charge in [0, 0.05) is 11.6 Å². The van der Waals surface area contributed by atoms with Gasteiger partial charge in [0.25, 0.3) is 0 Å². The van der Waals surface area contributed by atoms with Gasteiger partial charge in [-0.3, -0.25) is 0 Å². The van der Waals surface area contributed by atoms with E-state index in [1.165, 1.54) is 10.7 Å². The number of aryl methyl sites for hydroxylation is 1. The van der Waals surface area contributed by atoms with Gasteiger partial charge < -0.3 is 0 Å². The van der Waals surface area contributed by atoms with Crippen molar-refractivity contribution in [1.82, 2.24) is 14.8 Å². The lowest BCUT2D eigenvalue weighted by Crippen LogP contribution is -2.03. The molecule has 0 bridgehead atoms. The topological polar surface area (TPSA) is 54.5 Å². The summed E-state index contributed by atoms with van der Waals surface area (Å²) in [5.41, 5.74) is 1.31. The van der Waals surface area contributed by atoms with E-state index in [1.807, 2.05) is 6.07 Å². The molecular formula is C16H10F2N4. The minimum absolute atomic E-state index is 0.112. The van der Waals surface area contributed by atoms with Crippen molar-refractivity contribution in [3.63, 3.8) is 0 Å². The van der Waals surface area contributed by atoms with Gasteiger partial charge in [0.15, 0.2) is 11.6 Å². The van der Waals surface area contributed by atoms with E-state index in [0.717, 1.165) is 12.1 Å². The Morgan fingerprint density at radius 1 is 1.09 bits per heavy atom. The first kappa shape index (κ1) is 13.9. The van der Waals surface area contributed by atoms with E-state index in [2.05, 4.69) is 10.1 Å². The Labute approximate surface area is 125 Å². The monoisotopic (exact) mass is 296 g/mol. The van der Waals surface area contributed by atoms with Gasteiger partial charge in [-0.25, -0.2) is 18.4 Å². The zero-order chi connectivity index (χ0) is 15.7. The zero-order valence-electron chi connectivity index (χ0n) is 11.6. The van der Waals surface area contributed by atoms with Gasteiger partial charge in [0.05, 0.1) is 11.6 Å². The number of rotatable bonds is 2. The molecule has 22 heavy (non-hydrogen) atoms. The van der Waals surface area contributed by atoms with Crippen LogP contribution < -0.4 is 0 Å². The lowest BCUT2D eigenvalue weighted by molar-refractivity contribution is 0.574. The molecule has 0 fully saturated rings. The molecular weight excluding hydrogens is 286 g/mol. The van der Waals surface area contributed by atoms with Crippen molar-refractivity contribution in [3.8, 4) is 23.1 Å². The van der Waals surface area contributed by atoms with Crippen LogP contribution in [0.15, 0.2) is 42.5 Å². The summed E-state index contributed by atoms with van der Waals surface area (Å²) in [6, 6.07) is 12.0. The van der Waals surface area contributed by atoms with Crippen molar-refractivity contribution in [3.05, 3.63) is 65.5 Å². The predicted molar refractivity (Wildman–Crippen MR) is 76.2 cm³/mol. The highest BCUT2D eigenvalue weighted by Crippen LogP contribution is 2.23. The molecule has 0 amide bonds. The molecule has 0 spiro atoms. The molecule has 3 rings (SSSR count). The second-order valence-electron chi connectivity index (χ2n) is 4.68. The summed E-state index contributed by atoms with van der Waals surface area (Å²) in [5.74, 6) is -0.492. The highest BCUT2D eigenvalue weighted by Gasteiger charge is 2.15. The Bertz CT molecular complexity index is 876. The maximum atomic E-state index is 14.0. The third-order valence-electron chi connectivity index (χ3n) is 3.12. The van der Waals surface area contributed by atoms with Gasteiger partial charge in [-0.2, -0.15) is 10.4 Å². The highest BCUT2D eigenvalue weighted by molar-refractivity contribution is 5.59. The van der Waals surface area contributed by atoms with Crippen LogP contribution in [0, 0.1) is 29.9 Å². The maximum Gasteiger partial charge on any atom is 0.163 e. The fourth-order valence-corrected chi connectivity index (χ4v) is 2.12. The average molecular weight is 296 g/mol. The molecule has 1 aromatic heterocycles. The van der Waals surface area contributed by atoms with Crippen molar-refractivity contribution >= 4 is 0 Å². The first-order chi connectivity index (χ1) is 10.6. The summed E-state index contributed by atoms with van der Waals surface area (Å²) < 4.78 is 28.4. The normalized spacial score (nSPS) is 10.5. The van der Waals surface area contributed by atoms with Crippen LogP contribution in [0.25, 0.3) is 17.1 Å². The molecule has 0 atom stereocenters. The van der Waals surface area contributed by atoms with Gasteiger partial charge in [0.1, 0.15) is 17.3 Å². The van der Waals surface area contributed by atoms with Crippen LogP contribution in [-0.2, 0) is 0 Å². The Balaban J connectivity index is 2.15. The second kappa shape index (κ2) is 5.37. The number of nitriles is 1. The number of hydrogen-bond acceptors (Lipinski definition) is 3. The van der Waals surface area contributed by atoms with Crippen molar-refractivity contribution < 1.29 is 8.78 Å². The minimum Gasteiger partial charge on any atom is -0.212 e. The summed E-state index contributed by atoms with van der Waals surface area (Å²) in [7, 11) is 0. The first-order valence-corrected chi connectivity index (χ1v) is 6.48. The third-order valence-corrected chi connectivity index (χ3v) is 3.12. The molecule has 0 radical (unpaired) electrons. The summed E-state index contributed by atoms with van der Waals surface area (Å²) in [5, 5.41) is 13.0.